The largest absolute Gasteiger partial charge is 0.377 e. The minimum absolute atomic E-state index is 0.0543. The maximum atomic E-state index is 12.4. The molecule has 2 aromatic carbocycles. The van der Waals surface area contributed by atoms with Crippen molar-refractivity contribution in [3.8, 4) is 5.75 Å². The van der Waals surface area contributed by atoms with Crippen LogP contribution in [0.25, 0.3) is 0 Å². The van der Waals surface area contributed by atoms with Gasteiger partial charge in [-0.1, -0.05) is 29.3 Å². The summed E-state index contributed by atoms with van der Waals surface area (Å²) < 4.78 is 29.9. The molecule has 0 unspecified atom stereocenters. The number of rotatable bonds is 3. The maximum absolute atomic E-state index is 12.4. The molecule has 0 N–H and O–H groups in total. The van der Waals surface area contributed by atoms with Crippen LogP contribution in [0.15, 0.2) is 35.2 Å². The van der Waals surface area contributed by atoms with Crippen molar-refractivity contribution in [2.75, 3.05) is 0 Å². The normalized spacial score (nSPS) is 11.5. The van der Waals surface area contributed by atoms with Crippen LogP contribution in [0.1, 0.15) is 16.7 Å². The molecule has 0 fully saturated rings. The molecule has 0 saturated heterocycles. The lowest BCUT2D eigenvalue weighted by Crippen LogP contribution is -2.12. The smallest absolute Gasteiger partial charge is 0.339 e. The van der Waals surface area contributed by atoms with Crippen molar-refractivity contribution in [3.63, 3.8) is 0 Å². The number of halogens is 2. The molecule has 6 heteroatoms. The zero-order valence-electron chi connectivity index (χ0n) is 11.8. The van der Waals surface area contributed by atoms with Gasteiger partial charge >= 0.3 is 10.1 Å². The van der Waals surface area contributed by atoms with E-state index in [9.17, 15) is 8.42 Å². The second kappa shape index (κ2) is 5.87. The van der Waals surface area contributed by atoms with Crippen LogP contribution in [0, 0.1) is 20.8 Å². The molecule has 2 rings (SSSR count). The van der Waals surface area contributed by atoms with Crippen LogP contribution in [0.5, 0.6) is 5.75 Å². The fourth-order valence-corrected chi connectivity index (χ4v) is 3.65. The number of hydrogen-bond donors (Lipinski definition) is 0. The SMILES string of the molecule is Cc1cc(C)c(S(=O)(=O)Oc2ccc(Cl)cc2Cl)cc1C. The lowest BCUT2D eigenvalue weighted by Gasteiger charge is -2.12. The van der Waals surface area contributed by atoms with E-state index < -0.39 is 10.1 Å². The van der Waals surface area contributed by atoms with Crippen molar-refractivity contribution in [1.82, 2.24) is 0 Å². The average Bonchev–Trinajstić information content (AvgIpc) is 2.37. The van der Waals surface area contributed by atoms with Crippen molar-refractivity contribution in [2.24, 2.45) is 0 Å². The maximum Gasteiger partial charge on any atom is 0.339 e. The molecule has 2 aromatic rings. The molecule has 0 aliphatic heterocycles. The Morgan fingerprint density at radius 2 is 1.52 bits per heavy atom. The van der Waals surface area contributed by atoms with E-state index in [1.54, 1.807) is 13.0 Å². The highest BCUT2D eigenvalue weighted by Gasteiger charge is 2.21. The predicted molar refractivity (Wildman–Crippen MR) is 84.9 cm³/mol. The Labute approximate surface area is 134 Å². The molecule has 0 saturated carbocycles. The highest BCUT2D eigenvalue weighted by molar-refractivity contribution is 7.87. The van der Waals surface area contributed by atoms with Crippen LogP contribution in [0.3, 0.4) is 0 Å². The van der Waals surface area contributed by atoms with Crippen LogP contribution in [-0.2, 0) is 10.1 Å². The summed E-state index contributed by atoms with van der Waals surface area (Å²) in [6.45, 7) is 5.50. The molecule has 112 valence electrons. The standard InChI is InChI=1S/C15H14Cl2O3S/c1-9-6-11(3)15(7-10(9)2)21(18,19)20-14-5-4-12(16)8-13(14)17/h4-8H,1-3H3. The van der Waals surface area contributed by atoms with E-state index in [2.05, 4.69) is 0 Å². The summed E-state index contributed by atoms with van der Waals surface area (Å²) in [5, 5.41) is 0.555. The summed E-state index contributed by atoms with van der Waals surface area (Å²) in [6.07, 6.45) is 0. The van der Waals surface area contributed by atoms with E-state index >= 15 is 0 Å². The Balaban J connectivity index is 2.46. The minimum atomic E-state index is -3.95. The van der Waals surface area contributed by atoms with E-state index in [0.717, 1.165) is 11.1 Å². The van der Waals surface area contributed by atoms with E-state index in [0.29, 0.717) is 10.6 Å². The Hall–Kier alpha value is -1.23. The van der Waals surface area contributed by atoms with E-state index in [1.807, 2.05) is 19.9 Å². The molecular formula is C15H14Cl2O3S. The fourth-order valence-electron chi connectivity index (χ4n) is 1.91. The highest BCUT2D eigenvalue weighted by atomic mass is 35.5. The van der Waals surface area contributed by atoms with Gasteiger partial charge in [-0.3, -0.25) is 0 Å². The third kappa shape index (κ3) is 3.51. The summed E-state index contributed by atoms with van der Waals surface area (Å²) >= 11 is 11.7. The molecule has 0 bridgehead atoms. The van der Waals surface area contributed by atoms with Crippen LogP contribution in [0.4, 0.5) is 0 Å². The van der Waals surface area contributed by atoms with Gasteiger partial charge in [0, 0.05) is 5.02 Å². The fraction of sp³-hybridized carbons (Fsp3) is 0.200. The number of hydrogen-bond acceptors (Lipinski definition) is 3. The number of aryl methyl sites for hydroxylation is 3. The summed E-state index contributed by atoms with van der Waals surface area (Å²) in [5.41, 5.74) is 2.53. The van der Waals surface area contributed by atoms with Gasteiger partial charge in [0.1, 0.15) is 4.90 Å². The molecular weight excluding hydrogens is 331 g/mol. The van der Waals surface area contributed by atoms with Gasteiger partial charge in [-0.2, -0.15) is 8.42 Å². The molecule has 21 heavy (non-hydrogen) atoms. The molecule has 0 aliphatic carbocycles. The second-order valence-electron chi connectivity index (χ2n) is 4.81. The van der Waals surface area contributed by atoms with Crippen LogP contribution >= 0.6 is 23.2 Å². The average molecular weight is 345 g/mol. The van der Waals surface area contributed by atoms with Crippen molar-refractivity contribution in [2.45, 2.75) is 25.7 Å². The van der Waals surface area contributed by atoms with Gasteiger partial charge in [-0.25, -0.2) is 0 Å². The Morgan fingerprint density at radius 1 is 0.905 bits per heavy atom. The highest BCUT2D eigenvalue weighted by Crippen LogP contribution is 2.31. The Kier molecular flexibility index (Phi) is 4.51. The van der Waals surface area contributed by atoms with Crippen molar-refractivity contribution >= 4 is 33.3 Å². The quantitative estimate of drug-likeness (QED) is 0.758. The molecule has 0 heterocycles. The third-order valence-electron chi connectivity index (χ3n) is 3.15. The summed E-state index contributed by atoms with van der Waals surface area (Å²) in [5.74, 6) is 0.0543. The molecule has 0 radical (unpaired) electrons. The van der Waals surface area contributed by atoms with Gasteiger partial charge < -0.3 is 4.18 Å². The first-order valence-corrected chi connectivity index (χ1v) is 8.34. The lowest BCUT2D eigenvalue weighted by molar-refractivity contribution is 0.485. The third-order valence-corrected chi connectivity index (χ3v) is 5.06. The van der Waals surface area contributed by atoms with E-state index in [4.69, 9.17) is 27.4 Å². The first-order chi connectivity index (χ1) is 9.70. The zero-order chi connectivity index (χ0) is 15.8. The first-order valence-electron chi connectivity index (χ1n) is 6.18. The molecule has 0 amide bonds. The van der Waals surface area contributed by atoms with Gasteiger partial charge in [-0.05, 0) is 61.7 Å². The monoisotopic (exact) mass is 344 g/mol. The summed E-state index contributed by atoms with van der Waals surface area (Å²) in [6, 6.07) is 7.80. The summed E-state index contributed by atoms with van der Waals surface area (Å²) in [4.78, 5) is 0.136. The van der Waals surface area contributed by atoms with Gasteiger partial charge in [-0.15, -0.1) is 0 Å². The van der Waals surface area contributed by atoms with Crippen LogP contribution in [0.2, 0.25) is 10.0 Å². The van der Waals surface area contributed by atoms with Crippen molar-refractivity contribution in [3.05, 3.63) is 57.1 Å². The van der Waals surface area contributed by atoms with Crippen molar-refractivity contribution in [1.29, 1.82) is 0 Å². The first kappa shape index (κ1) is 16.1. The topological polar surface area (TPSA) is 43.4 Å². The molecule has 0 aliphatic rings. The van der Waals surface area contributed by atoms with Gasteiger partial charge in [0.15, 0.2) is 5.75 Å². The van der Waals surface area contributed by atoms with E-state index in [-0.39, 0.29) is 15.7 Å². The van der Waals surface area contributed by atoms with E-state index in [1.165, 1.54) is 18.2 Å². The predicted octanol–water partition coefficient (Wildman–Crippen LogP) is 4.69. The second-order valence-corrected chi connectivity index (χ2v) is 7.17. The number of benzene rings is 2. The lowest BCUT2D eigenvalue weighted by atomic mass is 10.1. The van der Waals surface area contributed by atoms with Gasteiger partial charge in [0.2, 0.25) is 0 Å². The van der Waals surface area contributed by atoms with Gasteiger partial charge in [0.05, 0.1) is 5.02 Å². The van der Waals surface area contributed by atoms with Crippen molar-refractivity contribution < 1.29 is 12.6 Å². The molecule has 0 atom stereocenters. The van der Waals surface area contributed by atoms with Crippen LogP contribution < -0.4 is 4.18 Å². The Morgan fingerprint density at radius 3 is 2.14 bits per heavy atom. The summed E-state index contributed by atoms with van der Waals surface area (Å²) in [7, 11) is -3.95. The Bertz CT molecular complexity index is 799. The molecule has 3 nitrogen and oxygen atoms in total. The zero-order valence-corrected chi connectivity index (χ0v) is 14.1. The molecule has 0 aromatic heterocycles. The van der Waals surface area contributed by atoms with Gasteiger partial charge in [0.25, 0.3) is 0 Å². The minimum Gasteiger partial charge on any atom is -0.377 e. The van der Waals surface area contributed by atoms with Crippen LogP contribution in [-0.4, -0.2) is 8.42 Å². The molecule has 0 spiro atoms.